The normalized spacial score (nSPS) is 18.3. The summed E-state index contributed by atoms with van der Waals surface area (Å²) in [5.74, 6) is 2.92. The number of hydrogen-bond donors (Lipinski definition) is 7. The molecule has 0 spiro atoms. The highest BCUT2D eigenvalue weighted by Crippen LogP contribution is 2.25. The first-order valence-electron chi connectivity index (χ1n) is 18.9. The van der Waals surface area contributed by atoms with E-state index in [4.69, 9.17) is 4.74 Å². The number of ether oxygens (including phenoxy) is 1. The topological polar surface area (TPSA) is 194 Å². The van der Waals surface area contributed by atoms with Gasteiger partial charge in [-0.2, -0.15) is 10.2 Å². The van der Waals surface area contributed by atoms with Crippen LogP contribution < -0.4 is 26.6 Å². The average molecular weight is 726 g/mol. The molecule has 2 atom stereocenters. The number of aliphatic imine (C=N–C) groups is 1. The summed E-state index contributed by atoms with van der Waals surface area (Å²) in [5, 5.41) is 29.2. The minimum absolute atomic E-state index is 0.0161. The summed E-state index contributed by atoms with van der Waals surface area (Å²) in [7, 11) is 0. The zero-order chi connectivity index (χ0) is 38.2. The minimum Gasteiger partial charge on any atom is -0.378 e. The van der Waals surface area contributed by atoms with Crippen LogP contribution in [0.1, 0.15) is 115 Å². The van der Waals surface area contributed by atoms with Crippen LogP contribution in [0.3, 0.4) is 0 Å². The Morgan fingerprint density at radius 1 is 0.846 bits per heavy atom. The number of anilines is 2. The third-order valence-corrected chi connectivity index (χ3v) is 8.61. The van der Waals surface area contributed by atoms with Crippen molar-refractivity contribution in [3.63, 3.8) is 0 Å². The van der Waals surface area contributed by atoms with Gasteiger partial charge in [0.1, 0.15) is 28.9 Å². The second kappa shape index (κ2) is 21.2. The fourth-order valence-corrected chi connectivity index (χ4v) is 5.86. The summed E-state index contributed by atoms with van der Waals surface area (Å²) in [6.45, 7) is 21.6. The van der Waals surface area contributed by atoms with Gasteiger partial charge in [0.05, 0.1) is 19.8 Å². The maximum Gasteiger partial charge on any atom is 0.272 e. The maximum absolute atomic E-state index is 12.1. The van der Waals surface area contributed by atoms with Gasteiger partial charge in [0.25, 0.3) is 11.8 Å². The first-order valence-corrected chi connectivity index (χ1v) is 18.9. The number of amidine groups is 1. The van der Waals surface area contributed by atoms with Gasteiger partial charge in [-0.1, -0.05) is 20.8 Å². The lowest BCUT2D eigenvalue weighted by molar-refractivity contribution is -0.118. The average Bonchev–Trinajstić information content (AvgIpc) is 3.93. The molecule has 3 amide bonds. The molecule has 1 aliphatic carbocycles. The third kappa shape index (κ3) is 14.3. The highest BCUT2D eigenvalue weighted by molar-refractivity contribution is 6.06. The van der Waals surface area contributed by atoms with E-state index in [2.05, 4.69) is 86.6 Å². The van der Waals surface area contributed by atoms with E-state index in [1.165, 1.54) is 6.42 Å². The van der Waals surface area contributed by atoms with Crippen molar-refractivity contribution < 1.29 is 19.1 Å². The van der Waals surface area contributed by atoms with Gasteiger partial charge in [-0.05, 0) is 85.6 Å². The molecular formula is C37H63N11O4. The van der Waals surface area contributed by atoms with Gasteiger partial charge in [0, 0.05) is 61.0 Å². The number of nitrogens with one attached hydrogen (secondary N) is 7. The molecule has 15 nitrogen and oxygen atoms in total. The smallest absolute Gasteiger partial charge is 0.272 e. The van der Waals surface area contributed by atoms with Gasteiger partial charge < -0.3 is 36.2 Å². The molecule has 0 radical (unpaired) electrons. The van der Waals surface area contributed by atoms with Crippen molar-refractivity contribution in [2.75, 3.05) is 43.5 Å². The molecule has 4 heterocycles. The zero-order valence-electron chi connectivity index (χ0n) is 32.7. The lowest BCUT2D eigenvalue weighted by Gasteiger charge is -2.26. The molecular weight excluding hydrogens is 662 g/mol. The van der Waals surface area contributed by atoms with Crippen LogP contribution in [0.5, 0.6) is 0 Å². The molecule has 2 fully saturated rings. The van der Waals surface area contributed by atoms with Crippen LogP contribution in [0.25, 0.3) is 0 Å². The number of rotatable bonds is 12. The molecule has 1 saturated carbocycles. The summed E-state index contributed by atoms with van der Waals surface area (Å²) in [6, 6.07) is 5.01. The van der Waals surface area contributed by atoms with Crippen LogP contribution in [0.4, 0.5) is 11.6 Å². The van der Waals surface area contributed by atoms with Crippen LogP contribution >= 0.6 is 0 Å². The highest BCUT2D eigenvalue weighted by atomic mass is 16.5. The molecule has 1 saturated heterocycles. The van der Waals surface area contributed by atoms with Gasteiger partial charge in [0.15, 0.2) is 0 Å². The van der Waals surface area contributed by atoms with Gasteiger partial charge >= 0.3 is 0 Å². The number of carbonyl (C=O) groups excluding carboxylic acids is 3. The van der Waals surface area contributed by atoms with Crippen LogP contribution in [0, 0.1) is 5.92 Å². The molecule has 15 heteroatoms. The van der Waals surface area contributed by atoms with E-state index in [1.54, 1.807) is 17.0 Å². The molecule has 52 heavy (non-hydrogen) atoms. The Morgan fingerprint density at radius 2 is 1.42 bits per heavy atom. The molecule has 7 N–H and O–H groups in total. The summed E-state index contributed by atoms with van der Waals surface area (Å²) in [4.78, 5) is 42.1. The summed E-state index contributed by atoms with van der Waals surface area (Å²) >= 11 is 0. The molecule has 0 aromatic carbocycles. The fraction of sp³-hybridized carbons (Fsp3) is 0.676. The highest BCUT2D eigenvalue weighted by Gasteiger charge is 2.25. The lowest BCUT2D eigenvalue weighted by Crippen LogP contribution is -2.40. The molecule has 2 aromatic heterocycles. The predicted molar refractivity (Wildman–Crippen MR) is 207 cm³/mol. The number of morpholine rings is 1. The van der Waals surface area contributed by atoms with E-state index < -0.39 is 0 Å². The predicted octanol–water partition coefficient (Wildman–Crippen LogP) is 4.48. The van der Waals surface area contributed by atoms with Crippen LogP contribution in [-0.2, 0) is 9.53 Å². The van der Waals surface area contributed by atoms with Crippen molar-refractivity contribution in [2.24, 2.45) is 10.9 Å². The molecule has 5 rings (SSSR count). The SMILES string of the molecule is CC(C)NC1=NCC(C(=O)NC2CC[C@H](C)C2)=C1.CC(C)Nc1cc(C(=O)N2CCOCC2)[nH]n1.CCC(CC)NC(=O)c1cc(NC(C)C)n[nH]1. The Labute approximate surface area is 309 Å². The number of carbonyl (C=O) groups is 3. The Morgan fingerprint density at radius 3 is 1.96 bits per heavy atom. The van der Waals surface area contributed by atoms with Crippen molar-refractivity contribution in [3.8, 4) is 0 Å². The van der Waals surface area contributed by atoms with Gasteiger partial charge in [-0.15, -0.1) is 0 Å². The quantitative estimate of drug-likeness (QED) is 0.165. The third-order valence-electron chi connectivity index (χ3n) is 8.61. The molecule has 2 aliphatic heterocycles. The molecule has 290 valence electrons. The van der Waals surface area contributed by atoms with Crippen molar-refractivity contribution in [2.45, 2.75) is 125 Å². The van der Waals surface area contributed by atoms with Crippen molar-refractivity contribution in [3.05, 3.63) is 35.2 Å². The van der Waals surface area contributed by atoms with E-state index in [9.17, 15) is 14.4 Å². The first kappa shape index (κ1) is 42.0. The summed E-state index contributed by atoms with van der Waals surface area (Å²) in [5.41, 5.74) is 1.80. The second-order valence-corrected chi connectivity index (χ2v) is 14.6. The Bertz CT molecular complexity index is 1470. The van der Waals surface area contributed by atoms with Crippen molar-refractivity contribution >= 4 is 35.2 Å². The van der Waals surface area contributed by atoms with Crippen LogP contribution in [0.2, 0.25) is 0 Å². The maximum atomic E-state index is 12.1. The Balaban J connectivity index is 0.000000210. The van der Waals surface area contributed by atoms with Gasteiger partial charge in [0.2, 0.25) is 5.91 Å². The molecule has 1 unspecified atom stereocenters. The Hall–Kier alpha value is -4.40. The Kier molecular flexibility index (Phi) is 17.1. The zero-order valence-corrected chi connectivity index (χ0v) is 32.7. The van der Waals surface area contributed by atoms with E-state index in [0.717, 1.165) is 43.0 Å². The van der Waals surface area contributed by atoms with Gasteiger partial charge in [-0.3, -0.25) is 29.6 Å². The van der Waals surface area contributed by atoms with E-state index in [1.807, 2.05) is 33.8 Å². The van der Waals surface area contributed by atoms with E-state index in [0.29, 0.717) is 80.0 Å². The van der Waals surface area contributed by atoms with Crippen molar-refractivity contribution in [1.29, 1.82) is 0 Å². The molecule has 0 bridgehead atoms. The van der Waals surface area contributed by atoms with Crippen LogP contribution in [-0.4, -0.2) is 112 Å². The fourth-order valence-electron chi connectivity index (χ4n) is 5.86. The molecule has 3 aliphatic rings. The molecule has 2 aromatic rings. The first-order chi connectivity index (χ1) is 24.8. The minimum atomic E-state index is -0.0944. The number of amides is 3. The van der Waals surface area contributed by atoms with Crippen LogP contribution in [0.15, 0.2) is 28.8 Å². The summed E-state index contributed by atoms with van der Waals surface area (Å²) in [6.07, 6.45) is 7.18. The number of H-pyrrole nitrogens is 2. The summed E-state index contributed by atoms with van der Waals surface area (Å²) < 4.78 is 5.21. The van der Waals surface area contributed by atoms with Crippen molar-refractivity contribution in [1.82, 2.24) is 41.2 Å². The number of nitrogens with zero attached hydrogens (tertiary/aromatic N) is 4. The van der Waals surface area contributed by atoms with E-state index >= 15 is 0 Å². The van der Waals surface area contributed by atoms with Gasteiger partial charge in [-0.25, -0.2) is 0 Å². The largest absolute Gasteiger partial charge is 0.378 e. The number of aromatic nitrogens is 4. The number of hydrogen-bond acceptors (Lipinski definition) is 10. The van der Waals surface area contributed by atoms with E-state index in [-0.39, 0.29) is 23.8 Å². The second-order valence-electron chi connectivity index (χ2n) is 14.6. The standard InChI is InChI=1S/C14H23N3O.C12H22N4O.C11H18N4O2/c1-9(2)16-13-7-11(8-15-13)14(18)17-12-5-4-10(3)6-12;1-5-9(6-2)14-12(17)10-7-11(16-15-10)13-8(3)4;1-8(2)12-10-7-9(13-14-10)11(16)15-3-5-17-6-4-15/h7,9-10,12H,4-6,8H2,1-3H3,(H,15,16)(H,17,18);7-9H,5-6H2,1-4H3,(H,14,17)(H2,13,15,16);7-8H,3-6H2,1-2H3,(H2,12,13,14)/t10-,12?;;/m0../s1. The lowest BCUT2D eigenvalue weighted by atomic mass is 10.1. The number of aromatic amines is 2. The monoisotopic (exact) mass is 726 g/mol.